The normalized spacial score (nSPS) is 27.0. The molecule has 3 atom stereocenters. The molecule has 2 amide bonds. The van der Waals surface area contributed by atoms with Crippen LogP contribution in [-0.2, 0) is 11.8 Å². The first-order valence-corrected chi connectivity index (χ1v) is 7.72. The van der Waals surface area contributed by atoms with E-state index in [-0.39, 0.29) is 29.2 Å². The SMILES string of the molecule is CN(C(=O)c1cc(C(F)F)nn1C)[C@H]1C[C@H]2CNC(=O)C[C@H]2C1. The number of hydrogen-bond donors (Lipinski definition) is 1. The summed E-state index contributed by atoms with van der Waals surface area (Å²) in [6.45, 7) is 0.656. The second-order valence-electron chi connectivity index (χ2n) is 6.45. The Morgan fingerprint density at radius 1 is 1.43 bits per heavy atom. The number of fused-ring (bicyclic) bond motifs is 1. The first kappa shape index (κ1) is 15.9. The fraction of sp³-hybridized carbons (Fsp3) is 0.667. The molecular weight excluding hydrogens is 306 g/mol. The number of amides is 2. The summed E-state index contributed by atoms with van der Waals surface area (Å²) in [4.78, 5) is 25.7. The molecule has 1 saturated heterocycles. The molecule has 0 aromatic carbocycles. The van der Waals surface area contributed by atoms with Gasteiger partial charge in [0.05, 0.1) is 0 Å². The van der Waals surface area contributed by atoms with Crippen molar-refractivity contribution in [2.45, 2.75) is 31.7 Å². The number of halogens is 2. The predicted octanol–water partition coefficient (Wildman–Crippen LogP) is 1.34. The van der Waals surface area contributed by atoms with Crippen LogP contribution in [0, 0.1) is 11.8 Å². The fourth-order valence-electron chi connectivity index (χ4n) is 3.69. The highest BCUT2D eigenvalue weighted by Gasteiger charge is 2.41. The maximum absolute atomic E-state index is 12.7. The Labute approximate surface area is 132 Å². The lowest BCUT2D eigenvalue weighted by Gasteiger charge is -2.24. The number of aromatic nitrogens is 2. The number of alkyl halides is 2. The standard InChI is InChI=1S/C15H20F2N4O2/c1-20(10-3-8-5-13(22)18-7-9(8)4-10)15(23)12-6-11(14(16)17)19-21(12)2/h6,8-10,14H,3-5,7H2,1-2H3,(H,18,22)/t8-,9+,10-/m1/s1. The highest BCUT2D eigenvalue weighted by Crippen LogP contribution is 2.38. The summed E-state index contributed by atoms with van der Waals surface area (Å²) < 4.78 is 26.6. The maximum atomic E-state index is 12.7. The Morgan fingerprint density at radius 3 is 2.78 bits per heavy atom. The minimum absolute atomic E-state index is 0.0232. The van der Waals surface area contributed by atoms with Crippen LogP contribution < -0.4 is 5.32 Å². The van der Waals surface area contributed by atoms with Gasteiger partial charge in [-0.2, -0.15) is 5.10 Å². The van der Waals surface area contributed by atoms with Gasteiger partial charge in [-0.05, 0) is 30.7 Å². The van der Waals surface area contributed by atoms with E-state index < -0.39 is 6.43 Å². The van der Waals surface area contributed by atoms with Crippen molar-refractivity contribution in [3.05, 3.63) is 17.5 Å². The van der Waals surface area contributed by atoms with Gasteiger partial charge in [0, 0.05) is 33.1 Å². The molecule has 2 aliphatic rings. The molecule has 6 nitrogen and oxygen atoms in total. The third-order valence-electron chi connectivity index (χ3n) is 5.03. The number of nitrogens with one attached hydrogen (secondary N) is 1. The van der Waals surface area contributed by atoms with Crippen LogP contribution in [0.1, 0.15) is 41.9 Å². The highest BCUT2D eigenvalue weighted by molar-refractivity contribution is 5.92. The number of hydrogen-bond acceptors (Lipinski definition) is 3. The molecule has 1 N–H and O–H groups in total. The molecule has 1 aromatic rings. The summed E-state index contributed by atoms with van der Waals surface area (Å²) in [6.07, 6.45) is -0.587. The lowest BCUT2D eigenvalue weighted by Crippen LogP contribution is -2.38. The van der Waals surface area contributed by atoms with E-state index in [1.165, 1.54) is 11.7 Å². The molecule has 2 heterocycles. The lowest BCUT2D eigenvalue weighted by molar-refractivity contribution is -0.124. The van der Waals surface area contributed by atoms with Crippen LogP contribution in [0.2, 0.25) is 0 Å². The zero-order valence-electron chi connectivity index (χ0n) is 13.1. The van der Waals surface area contributed by atoms with Gasteiger partial charge < -0.3 is 10.2 Å². The smallest absolute Gasteiger partial charge is 0.282 e. The highest BCUT2D eigenvalue weighted by atomic mass is 19.3. The van der Waals surface area contributed by atoms with Crippen molar-refractivity contribution in [2.75, 3.05) is 13.6 Å². The molecule has 2 fully saturated rings. The van der Waals surface area contributed by atoms with Crippen molar-refractivity contribution >= 4 is 11.8 Å². The van der Waals surface area contributed by atoms with Crippen molar-refractivity contribution in [3.63, 3.8) is 0 Å². The summed E-state index contributed by atoms with van der Waals surface area (Å²) in [6, 6.07) is 1.17. The van der Waals surface area contributed by atoms with E-state index in [1.807, 2.05) is 0 Å². The largest absolute Gasteiger partial charge is 0.356 e. The molecule has 1 aromatic heterocycles. The van der Waals surface area contributed by atoms with E-state index >= 15 is 0 Å². The number of aryl methyl sites for hydroxylation is 1. The lowest BCUT2D eigenvalue weighted by atomic mass is 9.89. The van der Waals surface area contributed by atoms with Crippen molar-refractivity contribution < 1.29 is 18.4 Å². The average molecular weight is 326 g/mol. The number of carbonyl (C=O) groups is 2. The fourth-order valence-corrected chi connectivity index (χ4v) is 3.69. The zero-order valence-corrected chi connectivity index (χ0v) is 13.1. The van der Waals surface area contributed by atoms with Gasteiger partial charge in [-0.3, -0.25) is 14.3 Å². The van der Waals surface area contributed by atoms with E-state index in [2.05, 4.69) is 10.4 Å². The Bertz CT molecular complexity index is 631. The summed E-state index contributed by atoms with van der Waals surface area (Å²) in [5, 5.41) is 6.55. The minimum atomic E-state index is -2.69. The van der Waals surface area contributed by atoms with Crippen molar-refractivity contribution in [2.24, 2.45) is 18.9 Å². The molecule has 0 spiro atoms. The number of piperidine rings is 1. The third-order valence-corrected chi connectivity index (χ3v) is 5.03. The Hall–Kier alpha value is -1.99. The van der Waals surface area contributed by atoms with Gasteiger partial charge in [0.25, 0.3) is 12.3 Å². The molecule has 3 rings (SSSR count). The number of rotatable bonds is 3. The Morgan fingerprint density at radius 2 is 2.13 bits per heavy atom. The molecule has 1 aliphatic heterocycles. The van der Waals surface area contributed by atoms with Crippen LogP contribution in [0.15, 0.2) is 6.07 Å². The molecule has 126 valence electrons. The van der Waals surface area contributed by atoms with Crippen LogP contribution in [0.5, 0.6) is 0 Å². The van der Waals surface area contributed by atoms with Gasteiger partial charge in [-0.25, -0.2) is 8.78 Å². The minimum Gasteiger partial charge on any atom is -0.356 e. The molecule has 0 unspecified atom stereocenters. The zero-order chi connectivity index (χ0) is 16.7. The van der Waals surface area contributed by atoms with E-state index in [4.69, 9.17) is 0 Å². The molecule has 8 heteroatoms. The van der Waals surface area contributed by atoms with Gasteiger partial charge in [0.2, 0.25) is 5.91 Å². The third kappa shape index (κ3) is 2.94. The van der Waals surface area contributed by atoms with E-state index in [0.717, 1.165) is 18.9 Å². The van der Waals surface area contributed by atoms with E-state index in [1.54, 1.807) is 11.9 Å². The van der Waals surface area contributed by atoms with Crippen LogP contribution in [0.3, 0.4) is 0 Å². The van der Waals surface area contributed by atoms with Crippen LogP contribution in [0.4, 0.5) is 8.78 Å². The molecule has 1 saturated carbocycles. The monoisotopic (exact) mass is 326 g/mol. The van der Waals surface area contributed by atoms with E-state index in [9.17, 15) is 18.4 Å². The summed E-state index contributed by atoms with van der Waals surface area (Å²) in [5.41, 5.74) is -0.231. The van der Waals surface area contributed by atoms with Crippen LogP contribution in [0.25, 0.3) is 0 Å². The van der Waals surface area contributed by atoms with Crippen molar-refractivity contribution in [3.8, 4) is 0 Å². The molecule has 0 bridgehead atoms. The first-order valence-electron chi connectivity index (χ1n) is 7.72. The predicted molar refractivity (Wildman–Crippen MR) is 77.9 cm³/mol. The molecular formula is C15H20F2N4O2. The first-order chi connectivity index (χ1) is 10.9. The summed E-state index contributed by atoms with van der Waals surface area (Å²) in [7, 11) is 3.18. The molecule has 23 heavy (non-hydrogen) atoms. The van der Waals surface area contributed by atoms with Crippen molar-refractivity contribution in [1.82, 2.24) is 20.0 Å². The topological polar surface area (TPSA) is 67.2 Å². The van der Waals surface area contributed by atoms with Gasteiger partial charge in [-0.15, -0.1) is 0 Å². The Kier molecular flexibility index (Phi) is 4.08. The van der Waals surface area contributed by atoms with Crippen LogP contribution >= 0.6 is 0 Å². The summed E-state index contributed by atoms with van der Waals surface area (Å²) >= 11 is 0. The molecule has 0 radical (unpaired) electrons. The van der Waals surface area contributed by atoms with Crippen molar-refractivity contribution in [1.29, 1.82) is 0 Å². The van der Waals surface area contributed by atoms with Gasteiger partial charge >= 0.3 is 0 Å². The van der Waals surface area contributed by atoms with Gasteiger partial charge in [-0.1, -0.05) is 0 Å². The second kappa shape index (κ2) is 5.90. The number of nitrogens with zero attached hydrogens (tertiary/aromatic N) is 3. The second-order valence-corrected chi connectivity index (χ2v) is 6.45. The van der Waals surface area contributed by atoms with E-state index in [0.29, 0.717) is 24.8 Å². The molecule has 1 aliphatic carbocycles. The van der Waals surface area contributed by atoms with Gasteiger partial charge in [0.15, 0.2) is 0 Å². The number of carbonyl (C=O) groups excluding carboxylic acids is 2. The Balaban J connectivity index is 1.72. The van der Waals surface area contributed by atoms with Crippen LogP contribution in [-0.4, -0.2) is 46.1 Å². The average Bonchev–Trinajstić information content (AvgIpc) is 3.08. The van der Waals surface area contributed by atoms with Gasteiger partial charge in [0.1, 0.15) is 11.4 Å². The summed E-state index contributed by atoms with van der Waals surface area (Å²) in [5.74, 6) is 0.437. The quantitative estimate of drug-likeness (QED) is 0.911. The maximum Gasteiger partial charge on any atom is 0.282 e.